The van der Waals surface area contributed by atoms with E-state index in [2.05, 4.69) is 5.32 Å². The summed E-state index contributed by atoms with van der Waals surface area (Å²) >= 11 is 5.80. The van der Waals surface area contributed by atoms with Crippen LogP contribution in [-0.4, -0.2) is 38.8 Å². The molecule has 0 fully saturated rings. The lowest BCUT2D eigenvalue weighted by Crippen LogP contribution is -2.44. The summed E-state index contributed by atoms with van der Waals surface area (Å²) in [6.45, 7) is 0.926. The molecule has 0 aliphatic heterocycles. The zero-order chi connectivity index (χ0) is 13.4. The van der Waals surface area contributed by atoms with Crippen LogP contribution in [0.25, 0.3) is 0 Å². The third kappa shape index (κ3) is 5.35. The van der Waals surface area contributed by atoms with Crippen LogP contribution >= 0.6 is 11.6 Å². The maximum absolute atomic E-state index is 11.4. The van der Waals surface area contributed by atoms with Crippen LogP contribution in [0.15, 0.2) is 24.3 Å². The van der Waals surface area contributed by atoms with Crippen LogP contribution < -0.4 is 15.8 Å². The summed E-state index contributed by atoms with van der Waals surface area (Å²) in [4.78, 5) is 11.4. The van der Waals surface area contributed by atoms with Gasteiger partial charge in [0.15, 0.2) is 0 Å². The SMILES string of the molecule is COCC(N)C(=O)NCCOc1cccc(Cl)c1. The Kier molecular flexibility index (Phi) is 6.49. The second kappa shape index (κ2) is 7.92. The van der Waals surface area contributed by atoms with Crippen LogP contribution in [0, 0.1) is 0 Å². The van der Waals surface area contributed by atoms with Gasteiger partial charge >= 0.3 is 0 Å². The van der Waals surface area contributed by atoms with E-state index in [1.807, 2.05) is 0 Å². The molecule has 3 N–H and O–H groups in total. The highest BCUT2D eigenvalue weighted by Gasteiger charge is 2.11. The number of benzene rings is 1. The number of nitrogens with one attached hydrogen (secondary N) is 1. The quantitative estimate of drug-likeness (QED) is 0.721. The van der Waals surface area contributed by atoms with Crippen molar-refractivity contribution in [2.75, 3.05) is 26.9 Å². The van der Waals surface area contributed by atoms with Gasteiger partial charge in [0.1, 0.15) is 18.4 Å². The number of rotatable bonds is 7. The molecule has 1 atom stereocenters. The predicted octanol–water partition coefficient (Wildman–Crippen LogP) is 0.809. The monoisotopic (exact) mass is 272 g/mol. The van der Waals surface area contributed by atoms with Gasteiger partial charge in [0.2, 0.25) is 5.91 Å². The summed E-state index contributed by atoms with van der Waals surface area (Å²) in [5, 5.41) is 3.26. The van der Waals surface area contributed by atoms with Gasteiger partial charge in [-0.1, -0.05) is 17.7 Å². The van der Waals surface area contributed by atoms with Gasteiger partial charge in [0, 0.05) is 12.1 Å². The molecule has 0 spiro atoms. The summed E-state index contributed by atoms with van der Waals surface area (Å²) in [6, 6.07) is 6.41. The number of amides is 1. The molecule has 1 unspecified atom stereocenters. The topological polar surface area (TPSA) is 73.6 Å². The van der Waals surface area contributed by atoms with Gasteiger partial charge in [-0.15, -0.1) is 0 Å². The minimum Gasteiger partial charge on any atom is -0.492 e. The molecule has 0 radical (unpaired) electrons. The van der Waals surface area contributed by atoms with E-state index < -0.39 is 6.04 Å². The van der Waals surface area contributed by atoms with E-state index in [0.717, 1.165) is 0 Å². The van der Waals surface area contributed by atoms with Crippen molar-refractivity contribution < 1.29 is 14.3 Å². The molecule has 0 aromatic heterocycles. The number of carbonyl (C=O) groups is 1. The Morgan fingerprint density at radius 3 is 3.00 bits per heavy atom. The third-order valence-electron chi connectivity index (χ3n) is 2.15. The summed E-state index contributed by atoms with van der Waals surface area (Å²) in [7, 11) is 1.50. The number of ether oxygens (including phenoxy) is 2. The average molecular weight is 273 g/mol. The minimum atomic E-state index is -0.652. The van der Waals surface area contributed by atoms with Gasteiger partial charge in [-0.2, -0.15) is 0 Å². The summed E-state index contributed by atoms with van der Waals surface area (Å²) in [5.74, 6) is 0.407. The molecule has 100 valence electrons. The van der Waals surface area contributed by atoms with E-state index in [9.17, 15) is 4.79 Å². The number of carbonyl (C=O) groups excluding carboxylic acids is 1. The first kappa shape index (κ1) is 14.8. The lowest BCUT2D eigenvalue weighted by Gasteiger charge is -2.11. The molecule has 0 aliphatic rings. The third-order valence-corrected chi connectivity index (χ3v) is 2.38. The number of nitrogens with two attached hydrogens (primary N) is 1. The largest absolute Gasteiger partial charge is 0.492 e. The van der Waals surface area contributed by atoms with Crippen molar-refractivity contribution >= 4 is 17.5 Å². The highest BCUT2D eigenvalue weighted by molar-refractivity contribution is 6.30. The first-order valence-electron chi connectivity index (χ1n) is 5.54. The lowest BCUT2D eigenvalue weighted by atomic mass is 10.3. The van der Waals surface area contributed by atoms with E-state index >= 15 is 0 Å². The molecular weight excluding hydrogens is 256 g/mol. The van der Waals surface area contributed by atoms with E-state index in [-0.39, 0.29) is 12.5 Å². The first-order valence-corrected chi connectivity index (χ1v) is 5.92. The fourth-order valence-corrected chi connectivity index (χ4v) is 1.47. The van der Waals surface area contributed by atoms with Crippen molar-refractivity contribution in [1.29, 1.82) is 0 Å². The Balaban J connectivity index is 2.21. The van der Waals surface area contributed by atoms with Gasteiger partial charge in [0.25, 0.3) is 0 Å². The van der Waals surface area contributed by atoms with Crippen molar-refractivity contribution in [3.8, 4) is 5.75 Å². The Morgan fingerprint density at radius 2 is 2.33 bits per heavy atom. The maximum atomic E-state index is 11.4. The smallest absolute Gasteiger partial charge is 0.239 e. The zero-order valence-electron chi connectivity index (χ0n) is 10.2. The maximum Gasteiger partial charge on any atom is 0.239 e. The van der Waals surface area contributed by atoms with Crippen LogP contribution in [0.5, 0.6) is 5.75 Å². The number of hydrogen-bond donors (Lipinski definition) is 2. The Labute approximate surface area is 111 Å². The number of methoxy groups -OCH3 is 1. The highest BCUT2D eigenvalue weighted by atomic mass is 35.5. The summed E-state index contributed by atoms with van der Waals surface area (Å²) in [5.41, 5.74) is 5.55. The average Bonchev–Trinajstić information content (AvgIpc) is 2.35. The van der Waals surface area contributed by atoms with Crippen molar-refractivity contribution in [3.05, 3.63) is 29.3 Å². The highest BCUT2D eigenvalue weighted by Crippen LogP contribution is 2.16. The van der Waals surface area contributed by atoms with Crippen LogP contribution in [0.1, 0.15) is 0 Å². The molecule has 1 amide bonds. The zero-order valence-corrected chi connectivity index (χ0v) is 10.9. The summed E-state index contributed by atoms with van der Waals surface area (Å²) in [6.07, 6.45) is 0. The molecule has 1 aromatic rings. The molecule has 5 nitrogen and oxygen atoms in total. The van der Waals surface area contributed by atoms with E-state index in [1.54, 1.807) is 24.3 Å². The van der Waals surface area contributed by atoms with Crippen molar-refractivity contribution in [2.24, 2.45) is 5.73 Å². The molecule has 0 bridgehead atoms. The van der Waals surface area contributed by atoms with E-state index in [0.29, 0.717) is 23.9 Å². The Morgan fingerprint density at radius 1 is 1.56 bits per heavy atom. The number of hydrogen-bond acceptors (Lipinski definition) is 4. The molecule has 18 heavy (non-hydrogen) atoms. The van der Waals surface area contributed by atoms with Gasteiger partial charge in [0.05, 0.1) is 13.2 Å². The molecule has 0 heterocycles. The lowest BCUT2D eigenvalue weighted by molar-refractivity contribution is -0.123. The van der Waals surface area contributed by atoms with Gasteiger partial charge in [-0.3, -0.25) is 4.79 Å². The van der Waals surface area contributed by atoms with Crippen molar-refractivity contribution in [1.82, 2.24) is 5.32 Å². The molecule has 6 heteroatoms. The Bertz CT molecular complexity index is 387. The van der Waals surface area contributed by atoms with Gasteiger partial charge in [-0.25, -0.2) is 0 Å². The molecule has 1 rings (SSSR count). The fourth-order valence-electron chi connectivity index (χ4n) is 1.29. The minimum absolute atomic E-state index is 0.195. The van der Waals surface area contributed by atoms with Crippen molar-refractivity contribution in [3.63, 3.8) is 0 Å². The second-order valence-corrected chi connectivity index (χ2v) is 4.10. The fraction of sp³-hybridized carbons (Fsp3) is 0.417. The Hall–Kier alpha value is -1.30. The first-order chi connectivity index (χ1) is 8.63. The molecule has 0 saturated heterocycles. The standard InChI is InChI=1S/C12H17ClN2O3/c1-17-8-11(14)12(16)15-5-6-18-10-4-2-3-9(13)7-10/h2-4,7,11H,5-6,8,14H2,1H3,(H,15,16). The molecular formula is C12H17ClN2O3. The van der Waals surface area contributed by atoms with Crippen LogP contribution in [-0.2, 0) is 9.53 Å². The van der Waals surface area contributed by atoms with Gasteiger partial charge < -0.3 is 20.5 Å². The number of halogens is 1. The molecule has 0 saturated carbocycles. The van der Waals surface area contributed by atoms with E-state index in [4.69, 9.17) is 26.8 Å². The summed E-state index contributed by atoms with van der Waals surface area (Å²) < 4.78 is 10.2. The molecule has 0 aliphatic carbocycles. The van der Waals surface area contributed by atoms with E-state index in [1.165, 1.54) is 7.11 Å². The predicted molar refractivity (Wildman–Crippen MR) is 69.8 cm³/mol. The molecule has 1 aromatic carbocycles. The second-order valence-electron chi connectivity index (χ2n) is 3.66. The van der Waals surface area contributed by atoms with Crippen LogP contribution in [0.3, 0.4) is 0 Å². The van der Waals surface area contributed by atoms with Gasteiger partial charge in [-0.05, 0) is 18.2 Å². The van der Waals surface area contributed by atoms with Crippen molar-refractivity contribution in [2.45, 2.75) is 6.04 Å². The van der Waals surface area contributed by atoms with Crippen LogP contribution in [0.4, 0.5) is 0 Å². The van der Waals surface area contributed by atoms with Crippen LogP contribution in [0.2, 0.25) is 5.02 Å². The normalized spacial score (nSPS) is 11.9.